The summed E-state index contributed by atoms with van der Waals surface area (Å²) in [5.41, 5.74) is 2.82. The third-order valence-electron chi connectivity index (χ3n) is 4.95. The summed E-state index contributed by atoms with van der Waals surface area (Å²) in [5, 5.41) is 3.73. The number of methoxy groups -OCH3 is 1. The highest BCUT2D eigenvalue weighted by molar-refractivity contribution is 5.92. The van der Waals surface area contributed by atoms with Gasteiger partial charge in [-0.15, -0.1) is 0 Å². The number of fused-ring (bicyclic) bond motifs is 2. The Kier molecular flexibility index (Phi) is 6.03. The van der Waals surface area contributed by atoms with Gasteiger partial charge in [-0.25, -0.2) is 4.79 Å². The fraction of sp³-hybridized carbons (Fsp3) is 0.167. The third kappa shape index (κ3) is 4.78. The first-order valence-corrected chi connectivity index (χ1v) is 9.82. The summed E-state index contributed by atoms with van der Waals surface area (Å²) < 4.78 is 15.5. The number of nitrogens with one attached hydrogen (secondary N) is 2. The smallest absolute Gasteiger partial charge is 0.328 e. The predicted molar refractivity (Wildman–Crippen MR) is 117 cm³/mol. The van der Waals surface area contributed by atoms with Crippen LogP contribution in [0.15, 0.2) is 66.9 Å². The van der Waals surface area contributed by atoms with Crippen molar-refractivity contribution in [3.63, 3.8) is 0 Å². The molecule has 0 saturated carbocycles. The lowest BCUT2D eigenvalue weighted by atomic mass is 10.0. The van der Waals surface area contributed by atoms with Crippen molar-refractivity contribution in [1.82, 2.24) is 10.3 Å². The number of para-hydroxylation sites is 1. The lowest BCUT2D eigenvalue weighted by Gasteiger charge is -2.15. The Morgan fingerprint density at radius 2 is 2.00 bits per heavy atom. The van der Waals surface area contributed by atoms with Gasteiger partial charge in [-0.1, -0.05) is 42.5 Å². The number of aromatic nitrogens is 1. The van der Waals surface area contributed by atoms with Crippen LogP contribution in [0.2, 0.25) is 0 Å². The van der Waals surface area contributed by atoms with Crippen molar-refractivity contribution in [2.24, 2.45) is 0 Å². The number of hydrogen-bond acceptors (Lipinski definition) is 5. The van der Waals surface area contributed by atoms with Crippen LogP contribution in [0.3, 0.4) is 0 Å². The zero-order valence-corrected chi connectivity index (χ0v) is 17.0. The number of hydrogen-bond donors (Lipinski definition) is 2. The van der Waals surface area contributed by atoms with E-state index in [1.54, 1.807) is 12.2 Å². The summed E-state index contributed by atoms with van der Waals surface area (Å²) in [6, 6.07) is 12.6. The largest absolute Gasteiger partial charge is 0.467 e. The van der Waals surface area contributed by atoms with Gasteiger partial charge in [0, 0.05) is 29.6 Å². The second kappa shape index (κ2) is 9.21. The number of rotatable bonds is 7. The Morgan fingerprint density at radius 1 is 1.16 bits per heavy atom. The molecule has 0 unspecified atom stereocenters. The Bertz CT molecular complexity index is 1160. The van der Waals surface area contributed by atoms with Gasteiger partial charge in [-0.05, 0) is 29.3 Å². The number of aromatic amines is 1. The minimum atomic E-state index is -0.792. The van der Waals surface area contributed by atoms with E-state index in [9.17, 15) is 9.59 Å². The van der Waals surface area contributed by atoms with Gasteiger partial charge in [0.05, 0.1) is 7.11 Å². The molecule has 1 aromatic heterocycles. The minimum Gasteiger partial charge on any atom is -0.467 e. The van der Waals surface area contributed by atoms with Crippen molar-refractivity contribution in [2.75, 3.05) is 13.9 Å². The second-order valence-corrected chi connectivity index (χ2v) is 6.98. The van der Waals surface area contributed by atoms with E-state index in [1.165, 1.54) is 13.2 Å². The van der Waals surface area contributed by atoms with Crippen molar-refractivity contribution < 1.29 is 23.8 Å². The number of benzene rings is 2. The second-order valence-electron chi connectivity index (χ2n) is 6.98. The lowest BCUT2D eigenvalue weighted by Crippen LogP contribution is -2.42. The summed E-state index contributed by atoms with van der Waals surface area (Å²) in [4.78, 5) is 27.7. The summed E-state index contributed by atoms with van der Waals surface area (Å²) in [7, 11) is 1.31. The third-order valence-corrected chi connectivity index (χ3v) is 4.95. The van der Waals surface area contributed by atoms with Gasteiger partial charge in [-0.2, -0.15) is 0 Å². The normalized spacial score (nSPS) is 13.7. The van der Waals surface area contributed by atoms with E-state index in [1.807, 2.05) is 54.7 Å². The van der Waals surface area contributed by atoms with Crippen LogP contribution < -0.4 is 14.8 Å². The predicted octanol–water partition coefficient (Wildman–Crippen LogP) is 3.37. The number of allylic oxidation sites excluding steroid dienone is 2. The lowest BCUT2D eigenvalue weighted by molar-refractivity contribution is -0.144. The van der Waals surface area contributed by atoms with Crippen LogP contribution in [0.5, 0.6) is 11.5 Å². The summed E-state index contributed by atoms with van der Waals surface area (Å²) in [6.07, 6.45) is 8.73. The molecule has 7 nitrogen and oxygen atoms in total. The highest BCUT2D eigenvalue weighted by Gasteiger charge is 2.22. The Balaban J connectivity index is 1.38. The zero-order chi connectivity index (χ0) is 21.6. The van der Waals surface area contributed by atoms with Gasteiger partial charge in [0.1, 0.15) is 6.04 Å². The maximum Gasteiger partial charge on any atom is 0.328 e. The fourth-order valence-electron chi connectivity index (χ4n) is 3.40. The molecule has 0 spiro atoms. The molecule has 2 N–H and O–H groups in total. The molecule has 4 rings (SSSR count). The molecule has 2 heterocycles. The molecule has 1 aliphatic heterocycles. The zero-order valence-electron chi connectivity index (χ0n) is 17.0. The number of esters is 1. The molecule has 0 bridgehead atoms. The first-order valence-electron chi connectivity index (χ1n) is 9.82. The van der Waals surface area contributed by atoms with E-state index in [2.05, 4.69) is 10.3 Å². The number of carbonyl (C=O) groups is 2. The van der Waals surface area contributed by atoms with E-state index in [4.69, 9.17) is 14.2 Å². The molecule has 0 saturated heterocycles. The molecular weight excluding hydrogens is 396 g/mol. The highest BCUT2D eigenvalue weighted by atomic mass is 16.7. The van der Waals surface area contributed by atoms with Crippen LogP contribution >= 0.6 is 0 Å². The number of amides is 1. The molecule has 0 aliphatic carbocycles. The average Bonchev–Trinajstić information content (AvgIpc) is 3.42. The van der Waals surface area contributed by atoms with Gasteiger partial charge in [0.25, 0.3) is 0 Å². The average molecular weight is 418 g/mol. The quantitative estimate of drug-likeness (QED) is 0.349. The van der Waals surface area contributed by atoms with Crippen LogP contribution in [0.25, 0.3) is 17.0 Å². The number of ether oxygens (including phenoxy) is 3. The monoisotopic (exact) mass is 418 g/mol. The minimum absolute atomic E-state index is 0.225. The first-order chi connectivity index (χ1) is 15.1. The van der Waals surface area contributed by atoms with Gasteiger partial charge >= 0.3 is 5.97 Å². The molecule has 1 atom stereocenters. The van der Waals surface area contributed by atoms with E-state index in [-0.39, 0.29) is 12.7 Å². The summed E-state index contributed by atoms with van der Waals surface area (Å²) in [6.45, 7) is 0.225. The van der Waals surface area contributed by atoms with Gasteiger partial charge < -0.3 is 24.5 Å². The molecule has 0 radical (unpaired) electrons. The van der Waals surface area contributed by atoms with Crippen LogP contribution in [0.1, 0.15) is 11.1 Å². The Hall–Kier alpha value is -4.00. The molecule has 1 aliphatic rings. The first kappa shape index (κ1) is 20.3. The van der Waals surface area contributed by atoms with E-state index in [0.29, 0.717) is 12.2 Å². The molecule has 3 aromatic rings. The van der Waals surface area contributed by atoms with Crippen molar-refractivity contribution >= 4 is 28.9 Å². The van der Waals surface area contributed by atoms with E-state index < -0.39 is 12.0 Å². The topological polar surface area (TPSA) is 89.7 Å². The maximum atomic E-state index is 12.3. The molecule has 31 heavy (non-hydrogen) atoms. The van der Waals surface area contributed by atoms with Crippen molar-refractivity contribution in [1.29, 1.82) is 0 Å². The maximum absolute atomic E-state index is 12.3. The fourth-order valence-corrected chi connectivity index (χ4v) is 3.40. The molecule has 1 amide bonds. The Labute approximate surface area is 179 Å². The van der Waals surface area contributed by atoms with E-state index in [0.717, 1.165) is 27.8 Å². The van der Waals surface area contributed by atoms with Crippen LogP contribution in [-0.2, 0) is 20.7 Å². The van der Waals surface area contributed by atoms with Crippen molar-refractivity contribution in [3.05, 3.63) is 78.0 Å². The van der Waals surface area contributed by atoms with Gasteiger partial charge in [0.2, 0.25) is 12.7 Å². The molecular formula is C24H22N2O5. The van der Waals surface area contributed by atoms with Gasteiger partial charge in [-0.3, -0.25) is 4.79 Å². The van der Waals surface area contributed by atoms with Gasteiger partial charge in [0.15, 0.2) is 11.5 Å². The van der Waals surface area contributed by atoms with Crippen LogP contribution in [0.4, 0.5) is 0 Å². The molecule has 158 valence electrons. The highest BCUT2D eigenvalue weighted by Crippen LogP contribution is 2.32. The SMILES string of the molecule is COC(=O)[C@H](Cc1c[nH]c2ccccc12)NC(=O)/C=C/C=C/c1ccc2c(c1)OCO2. The van der Waals surface area contributed by atoms with E-state index >= 15 is 0 Å². The molecule has 0 fully saturated rings. The summed E-state index contributed by atoms with van der Waals surface area (Å²) >= 11 is 0. The van der Waals surface area contributed by atoms with Crippen molar-refractivity contribution in [2.45, 2.75) is 12.5 Å². The van der Waals surface area contributed by atoms with Crippen molar-refractivity contribution in [3.8, 4) is 11.5 Å². The van der Waals surface area contributed by atoms with Crippen LogP contribution in [-0.4, -0.2) is 36.8 Å². The van der Waals surface area contributed by atoms with Crippen LogP contribution in [0, 0.1) is 0 Å². The number of carbonyl (C=O) groups excluding carboxylic acids is 2. The Morgan fingerprint density at radius 3 is 2.87 bits per heavy atom. The molecule has 7 heteroatoms. The molecule has 2 aromatic carbocycles. The standard InChI is InChI=1S/C24H22N2O5/c1-29-24(28)20(13-17-14-25-19-8-4-3-7-18(17)19)26-23(27)9-5-2-6-16-10-11-21-22(12-16)31-15-30-21/h2-12,14,20,25H,13,15H2,1H3,(H,26,27)/b6-2+,9-5+/t20-/m0/s1. The number of H-pyrrole nitrogens is 1. The summed E-state index contributed by atoms with van der Waals surface area (Å²) in [5.74, 6) is 0.534.